The van der Waals surface area contributed by atoms with E-state index in [0.717, 1.165) is 12.8 Å². The number of hydrogen-bond donors (Lipinski definition) is 1. The average molecular weight is 221 g/mol. The lowest BCUT2D eigenvalue weighted by Gasteiger charge is -2.37. The number of fused-ring (bicyclic) bond motifs is 1. The Hall–Kier alpha value is -0.890. The molecular formula is C14H20FN. The number of hydrogen-bond acceptors (Lipinski definition) is 1. The highest BCUT2D eigenvalue weighted by molar-refractivity contribution is 5.34. The third-order valence-corrected chi connectivity index (χ3v) is 3.89. The number of benzene rings is 1. The van der Waals surface area contributed by atoms with Gasteiger partial charge in [0.1, 0.15) is 5.82 Å². The van der Waals surface area contributed by atoms with E-state index in [1.54, 1.807) is 12.1 Å². The van der Waals surface area contributed by atoms with Crippen molar-refractivity contribution in [3.63, 3.8) is 0 Å². The third kappa shape index (κ3) is 1.99. The first kappa shape index (κ1) is 11.6. The van der Waals surface area contributed by atoms with Crippen molar-refractivity contribution in [3.05, 3.63) is 35.1 Å². The van der Waals surface area contributed by atoms with Crippen LogP contribution in [0.15, 0.2) is 18.2 Å². The average Bonchev–Trinajstić information content (AvgIpc) is 2.27. The van der Waals surface area contributed by atoms with Crippen molar-refractivity contribution in [1.29, 1.82) is 0 Å². The predicted molar refractivity (Wildman–Crippen MR) is 64.9 cm³/mol. The van der Waals surface area contributed by atoms with Crippen LogP contribution in [0.1, 0.15) is 43.7 Å². The molecule has 0 aliphatic heterocycles. The maximum absolute atomic E-state index is 13.2. The summed E-state index contributed by atoms with van der Waals surface area (Å²) in [5, 5.41) is 0. The van der Waals surface area contributed by atoms with Gasteiger partial charge in [0.15, 0.2) is 0 Å². The van der Waals surface area contributed by atoms with Gasteiger partial charge in [-0.05, 0) is 60.4 Å². The Bertz CT molecular complexity index is 384. The van der Waals surface area contributed by atoms with Crippen molar-refractivity contribution < 1.29 is 4.39 Å². The van der Waals surface area contributed by atoms with Gasteiger partial charge in [-0.2, -0.15) is 0 Å². The molecule has 0 bridgehead atoms. The summed E-state index contributed by atoms with van der Waals surface area (Å²) in [5.41, 5.74) is 8.44. The van der Waals surface area contributed by atoms with Gasteiger partial charge >= 0.3 is 0 Å². The van der Waals surface area contributed by atoms with Crippen molar-refractivity contribution in [2.45, 2.75) is 39.0 Å². The van der Waals surface area contributed by atoms with Gasteiger partial charge in [-0.1, -0.05) is 19.9 Å². The van der Waals surface area contributed by atoms with E-state index in [2.05, 4.69) is 13.8 Å². The summed E-state index contributed by atoms with van der Waals surface area (Å²) in [4.78, 5) is 0. The lowest BCUT2D eigenvalue weighted by atomic mass is 9.68. The van der Waals surface area contributed by atoms with E-state index in [4.69, 9.17) is 5.73 Å². The molecule has 1 aliphatic carbocycles. The normalized spacial score (nSPS) is 20.6. The number of halogens is 1. The standard InChI is InChI=1S/C14H20FN/c1-14(2,9-16)13-5-3-4-10-8-11(15)6-7-12(10)13/h6-8,13H,3-5,9,16H2,1-2H3. The summed E-state index contributed by atoms with van der Waals surface area (Å²) in [6.45, 7) is 5.08. The maximum atomic E-state index is 13.2. The molecule has 1 nitrogen and oxygen atoms in total. The first-order chi connectivity index (χ1) is 7.54. The summed E-state index contributed by atoms with van der Waals surface area (Å²) in [6.07, 6.45) is 3.32. The smallest absolute Gasteiger partial charge is 0.123 e. The molecule has 0 aromatic heterocycles. The molecule has 0 fully saturated rings. The summed E-state index contributed by atoms with van der Waals surface area (Å²) in [6, 6.07) is 5.21. The molecule has 2 rings (SSSR count). The minimum absolute atomic E-state index is 0.104. The van der Waals surface area contributed by atoms with Crippen LogP contribution in [0.3, 0.4) is 0 Å². The molecule has 2 N–H and O–H groups in total. The monoisotopic (exact) mass is 221 g/mol. The van der Waals surface area contributed by atoms with E-state index >= 15 is 0 Å². The van der Waals surface area contributed by atoms with Crippen molar-refractivity contribution in [2.75, 3.05) is 6.54 Å². The largest absolute Gasteiger partial charge is 0.330 e. The molecule has 88 valence electrons. The Morgan fingerprint density at radius 3 is 2.88 bits per heavy atom. The fourth-order valence-corrected chi connectivity index (χ4v) is 2.74. The highest BCUT2D eigenvalue weighted by atomic mass is 19.1. The summed E-state index contributed by atoms with van der Waals surface area (Å²) < 4.78 is 13.2. The van der Waals surface area contributed by atoms with E-state index in [1.807, 2.05) is 6.07 Å². The summed E-state index contributed by atoms with van der Waals surface area (Å²) >= 11 is 0. The molecule has 16 heavy (non-hydrogen) atoms. The zero-order valence-electron chi connectivity index (χ0n) is 10.1. The molecule has 1 aliphatic rings. The molecule has 0 radical (unpaired) electrons. The first-order valence-corrected chi connectivity index (χ1v) is 6.03. The fourth-order valence-electron chi connectivity index (χ4n) is 2.74. The molecule has 2 heteroatoms. The van der Waals surface area contributed by atoms with Crippen molar-refractivity contribution in [3.8, 4) is 0 Å². The van der Waals surface area contributed by atoms with Gasteiger partial charge < -0.3 is 5.73 Å². The molecular weight excluding hydrogens is 201 g/mol. The Morgan fingerprint density at radius 1 is 1.44 bits per heavy atom. The molecule has 1 aromatic carbocycles. The second-order valence-corrected chi connectivity index (χ2v) is 5.48. The van der Waals surface area contributed by atoms with Gasteiger partial charge in [0.05, 0.1) is 0 Å². The summed E-state index contributed by atoms with van der Waals surface area (Å²) in [5.74, 6) is 0.354. The van der Waals surface area contributed by atoms with Crippen LogP contribution in [0, 0.1) is 11.2 Å². The van der Waals surface area contributed by atoms with Crippen LogP contribution in [-0.4, -0.2) is 6.54 Å². The Kier molecular flexibility index (Phi) is 3.02. The molecule has 1 unspecified atom stereocenters. The quantitative estimate of drug-likeness (QED) is 0.815. The highest BCUT2D eigenvalue weighted by Crippen LogP contribution is 2.43. The van der Waals surface area contributed by atoms with Crippen molar-refractivity contribution in [1.82, 2.24) is 0 Å². The molecule has 0 heterocycles. The van der Waals surface area contributed by atoms with Crippen LogP contribution < -0.4 is 5.73 Å². The van der Waals surface area contributed by atoms with E-state index in [1.165, 1.54) is 17.5 Å². The van der Waals surface area contributed by atoms with Crippen LogP contribution in [0.5, 0.6) is 0 Å². The zero-order chi connectivity index (χ0) is 11.8. The van der Waals surface area contributed by atoms with Gasteiger partial charge in [0.25, 0.3) is 0 Å². The first-order valence-electron chi connectivity index (χ1n) is 6.03. The number of nitrogens with two attached hydrogens (primary N) is 1. The van der Waals surface area contributed by atoms with E-state index in [0.29, 0.717) is 12.5 Å². The molecule has 0 saturated carbocycles. The zero-order valence-corrected chi connectivity index (χ0v) is 10.1. The minimum atomic E-state index is -0.120. The van der Waals surface area contributed by atoms with E-state index in [9.17, 15) is 4.39 Å². The van der Waals surface area contributed by atoms with Gasteiger partial charge in [-0.15, -0.1) is 0 Å². The Balaban J connectivity index is 2.40. The highest BCUT2D eigenvalue weighted by Gasteiger charge is 2.32. The second kappa shape index (κ2) is 4.17. The molecule has 0 spiro atoms. The maximum Gasteiger partial charge on any atom is 0.123 e. The van der Waals surface area contributed by atoms with Crippen LogP contribution in [0.4, 0.5) is 4.39 Å². The molecule has 0 amide bonds. The van der Waals surface area contributed by atoms with E-state index in [-0.39, 0.29) is 11.2 Å². The second-order valence-electron chi connectivity index (χ2n) is 5.48. The van der Waals surface area contributed by atoms with E-state index < -0.39 is 0 Å². The lowest BCUT2D eigenvalue weighted by molar-refractivity contribution is 0.268. The minimum Gasteiger partial charge on any atom is -0.330 e. The van der Waals surface area contributed by atoms with Crippen LogP contribution in [0.2, 0.25) is 0 Å². The molecule has 1 atom stereocenters. The van der Waals surface area contributed by atoms with Gasteiger partial charge in [-0.25, -0.2) is 4.39 Å². The van der Waals surface area contributed by atoms with Crippen molar-refractivity contribution >= 4 is 0 Å². The lowest BCUT2D eigenvalue weighted by Crippen LogP contribution is -2.33. The Morgan fingerprint density at radius 2 is 2.19 bits per heavy atom. The fraction of sp³-hybridized carbons (Fsp3) is 0.571. The SMILES string of the molecule is CC(C)(CN)C1CCCc2cc(F)ccc21. The van der Waals surface area contributed by atoms with Gasteiger partial charge in [-0.3, -0.25) is 0 Å². The van der Waals surface area contributed by atoms with Crippen LogP contribution in [0.25, 0.3) is 0 Å². The third-order valence-electron chi connectivity index (χ3n) is 3.89. The van der Waals surface area contributed by atoms with Crippen molar-refractivity contribution in [2.24, 2.45) is 11.1 Å². The van der Waals surface area contributed by atoms with Crippen LogP contribution in [-0.2, 0) is 6.42 Å². The Labute approximate surface area is 96.9 Å². The van der Waals surface area contributed by atoms with Gasteiger partial charge in [0, 0.05) is 0 Å². The molecule has 1 aromatic rings. The van der Waals surface area contributed by atoms with Crippen LogP contribution >= 0.6 is 0 Å². The number of aryl methyl sites for hydroxylation is 1. The predicted octanol–water partition coefficient (Wildman–Crippen LogP) is 3.23. The topological polar surface area (TPSA) is 26.0 Å². The number of rotatable bonds is 2. The molecule has 0 saturated heterocycles. The van der Waals surface area contributed by atoms with Gasteiger partial charge in [0.2, 0.25) is 0 Å². The summed E-state index contributed by atoms with van der Waals surface area (Å²) in [7, 11) is 0.